The first kappa shape index (κ1) is 18.8. The van der Waals surface area contributed by atoms with Gasteiger partial charge in [-0.3, -0.25) is 4.79 Å². The molecule has 25 heavy (non-hydrogen) atoms. The molecule has 0 aromatic heterocycles. The molecule has 0 aliphatic rings. The highest BCUT2D eigenvalue weighted by molar-refractivity contribution is 5.80. The van der Waals surface area contributed by atoms with Gasteiger partial charge in [0.2, 0.25) is 0 Å². The predicted octanol–water partition coefficient (Wildman–Crippen LogP) is 3.88. The molecule has 1 atom stereocenters. The second-order valence-corrected chi connectivity index (χ2v) is 6.37. The van der Waals surface area contributed by atoms with Gasteiger partial charge in [-0.25, -0.2) is 0 Å². The number of rotatable bonds is 7. The SMILES string of the molecule is Cc1ccc(O[C@H](C)C(=O)NCCOc2cccc(C)c2C)c(C)c1. The monoisotopic (exact) mass is 341 g/mol. The summed E-state index contributed by atoms with van der Waals surface area (Å²) in [5, 5.41) is 2.85. The second kappa shape index (κ2) is 8.56. The molecule has 0 saturated heterocycles. The van der Waals surface area contributed by atoms with Crippen LogP contribution < -0.4 is 14.8 Å². The molecule has 1 amide bonds. The van der Waals surface area contributed by atoms with Gasteiger partial charge >= 0.3 is 0 Å². The van der Waals surface area contributed by atoms with Crippen LogP contribution in [0.4, 0.5) is 0 Å². The van der Waals surface area contributed by atoms with Crippen LogP contribution in [0.2, 0.25) is 0 Å². The molecule has 0 aliphatic carbocycles. The van der Waals surface area contributed by atoms with Crippen LogP contribution in [-0.4, -0.2) is 25.2 Å². The topological polar surface area (TPSA) is 47.6 Å². The quantitative estimate of drug-likeness (QED) is 0.778. The van der Waals surface area contributed by atoms with Gasteiger partial charge < -0.3 is 14.8 Å². The van der Waals surface area contributed by atoms with Crippen molar-refractivity contribution in [3.05, 3.63) is 58.7 Å². The van der Waals surface area contributed by atoms with Crippen LogP contribution in [0.15, 0.2) is 36.4 Å². The zero-order valence-electron chi connectivity index (χ0n) is 15.7. The van der Waals surface area contributed by atoms with Crippen molar-refractivity contribution in [3.8, 4) is 11.5 Å². The van der Waals surface area contributed by atoms with Crippen molar-refractivity contribution >= 4 is 5.91 Å². The zero-order chi connectivity index (χ0) is 18.4. The Morgan fingerprint density at radius 2 is 1.80 bits per heavy atom. The van der Waals surface area contributed by atoms with Gasteiger partial charge in [-0.1, -0.05) is 29.8 Å². The summed E-state index contributed by atoms with van der Waals surface area (Å²) in [5.74, 6) is 1.44. The Hall–Kier alpha value is -2.49. The second-order valence-electron chi connectivity index (χ2n) is 6.37. The van der Waals surface area contributed by atoms with E-state index in [-0.39, 0.29) is 5.91 Å². The number of amides is 1. The summed E-state index contributed by atoms with van der Waals surface area (Å²) in [4.78, 5) is 12.2. The molecular weight excluding hydrogens is 314 g/mol. The van der Waals surface area contributed by atoms with Gasteiger partial charge in [0.1, 0.15) is 18.1 Å². The summed E-state index contributed by atoms with van der Waals surface area (Å²) in [5.41, 5.74) is 4.51. The Bertz CT molecular complexity index is 740. The third-order valence-corrected chi connectivity index (χ3v) is 4.22. The number of carbonyl (C=O) groups excluding carboxylic acids is 1. The lowest BCUT2D eigenvalue weighted by molar-refractivity contribution is -0.127. The third-order valence-electron chi connectivity index (χ3n) is 4.22. The van der Waals surface area contributed by atoms with E-state index >= 15 is 0 Å². The van der Waals surface area contributed by atoms with Crippen molar-refractivity contribution in [2.45, 2.75) is 40.7 Å². The van der Waals surface area contributed by atoms with E-state index in [1.54, 1.807) is 6.92 Å². The van der Waals surface area contributed by atoms with Crippen molar-refractivity contribution in [1.29, 1.82) is 0 Å². The standard InChI is InChI=1S/C21H27NO3/c1-14-9-10-19(16(3)13-14)25-18(5)21(23)22-11-12-24-20-8-6-7-15(2)17(20)4/h6-10,13,18H,11-12H2,1-5H3,(H,22,23)/t18-/m1/s1. The Kier molecular flexibility index (Phi) is 6.45. The van der Waals surface area contributed by atoms with Crippen molar-refractivity contribution in [3.63, 3.8) is 0 Å². The molecular formula is C21H27NO3. The van der Waals surface area contributed by atoms with Crippen molar-refractivity contribution in [1.82, 2.24) is 5.32 Å². The maximum absolute atomic E-state index is 12.2. The minimum absolute atomic E-state index is 0.149. The van der Waals surface area contributed by atoms with Crippen LogP contribution in [0.5, 0.6) is 11.5 Å². The van der Waals surface area contributed by atoms with E-state index in [1.807, 2.05) is 51.1 Å². The van der Waals surface area contributed by atoms with Gasteiger partial charge in [-0.2, -0.15) is 0 Å². The van der Waals surface area contributed by atoms with Crippen LogP contribution >= 0.6 is 0 Å². The summed E-state index contributed by atoms with van der Waals surface area (Å²) in [6.07, 6.45) is -0.554. The summed E-state index contributed by atoms with van der Waals surface area (Å²) in [6, 6.07) is 11.9. The summed E-state index contributed by atoms with van der Waals surface area (Å²) >= 11 is 0. The Labute approximate surface area is 150 Å². The van der Waals surface area contributed by atoms with Gasteiger partial charge in [0.25, 0.3) is 5.91 Å². The molecule has 4 heteroatoms. The Morgan fingerprint density at radius 1 is 1.04 bits per heavy atom. The first-order valence-corrected chi connectivity index (χ1v) is 8.59. The highest BCUT2D eigenvalue weighted by Gasteiger charge is 2.15. The van der Waals surface area contributed by atoms with E-state index in [9.17, 15) is 4.79 Å². The van der Waals surface area contributed by atoms with Gasteiger partial charge in [0.15, 0.2) is 6.10 Å². The average Bonchev–Trinajstić information content (AvgIpc) is 2.57. The molecule has 0 spiro atoms. The summed E-state index contributed by atoms with van der Waals surface area (Å²) < 4.78 is 11.5. The highest BCUT2D eigenvalue weighted by Crippen LogP contribution is 2.21. The van der Waals surface area contributed by atoms with E-state index in [0.717, 1.165) is 22.6 Å². The molecule has 0 bridgehead atoms. The fourth-order valence-corrected chi connectivity index (χ4v) is 2.54. The van der Waals surface area contributed by atoms with Crippen molar-refractivity contribution in [2.24, 2.45) is 0 Å². The molecule has 0 unspecified atom stereocenters. The van der Waals surface area contributed by atoms with Crippen LogP contribution in [0.25, 0.3) is 0 Å². The van der Waals surface area contributed by atoms with Gasteiger partial charge in [0.05, 0.1) is 6.54 Å². The number of carbonyl (C=O) groups is 1. The average molecular weight is 341 g/mol. The normalized spacial score (nSPS) is 11.7. The Balaban J connectivity index is 1.78. The first-order valence-electron chi connectivity index (χ1n) is 8.59. The highest BCUT2D eigenvalue weighted by atomic mass is 16.5. The van der Waals surface area contributed by atoms with E-state index < -0.39 is 6.10 Å². The van der Waals surface area contributed by atoms with Crippen molar-refractivity contribution < 1.29 is 14.3 Å². The molecule has 0 heterocycles. The summed E-state index contributed by atoms with van der Waals surface area (Å²) in [7, 11) is 0. The number of aryl methyl sites for hydroxylation is 3. The van der Waals surface area contributed by atoms with Crippen LogP contribution in [0.3, 0.4) is 0 Å². The van der Waals surface area contributed by atoms with E-state index in [4.69, 9.17) is 9.47 Å². The first-order chi connectivity index (χ1) is 11.9. The smallest absolute Gasteiger partial charge is 0.260 e. The van der Waals surface area contributed by atoms with Crippen LogP contribution in [-0.2, 0) is 4.79 Å². The summed E-state index contributed by atoms with van der Waals surface area (Å²) in [6.45, 7) is 10.7. The number of nitrogens with one attached hydrogen (secondary N) is 1. The minimum atomic E-state index is -0.554. The van der Waals surface area contributed by atoms with Crippen LogP contribution in [0.1, 0.15) is 29.2 Å². The molecule has 2 rings (SSSR count). The lowest BCUT2D eigenvalue weighted by Gasteiger charge is -2.17. The number of benzene rings is 2. The van der Waals surface area contributed by atoms with Gasteiger partial charge in [0, 0.05) is 0 Å². The number of hydrogen-bond donors (Lipinski definition) is 1. The predicted molar refractivity (Wildman–Crippen MR) is 100 cm³/mol. The molecule has 0 saturated carbocycles. The van der Waals surface area contributed by atoms with E-state index in [1.165, 1.54) is 11.1 Å². The number of hydrogen-bond acceptors (Lipinski definition) is 3. The molecule has 2 aromatic rings. The number of ether oxygens (including phenoxy) is 2. The Morgan fingerprint density at radius 3 is 2.52 bits per heavy atom. The minimum Gasteiger partial charge on any atom is -0.491 e. The molecule has 0 radical (unpaired) electrons. The van der Waals surface area contributed by atoms with Gasteiger partial charge in [-0.05, 0) is 63.4 Å². The maximum atomic E-state index is 12.2. The maximum Gasteiger partial charge on any atom is 0.260 e. The van der Waals surface area contributed by atoms with Gasteiger partial charge in [-0.15, -0.1) is 0 Å². The van der Waals surface area contributed by atoms with Crippen molar-refractivity contribution in [2.75, 3.05) is 13.2 Å². The lowest BCUT2D eigenvalue weighted by atomic mass is 10.1. The molecule has 4 nitrogen and oxygen atoms in total. The zero-order valence-corrected chi connectivity index (χ0v) is 15.7. The van der Waals surface area contributed by atoms with E-state index in [0.29, 0.717) is 13.2 Å². The molecule has 0 fully saturated rings. The molecule has 2 aromatic carbocycles. The molecule has 0 aliphatic heterocycles. The fraction of sp³-hybridized carbons (Fsp3) is 0.381. The molecule has 1 N–H and O–H groups in total. The lowest BCUT2D eigenvalue weighted by Crippen LogP contribution is -2.38. The fourth-order valence-electron chi connectivity index (χ4n) is 2.54. The van der Waals surface area contributed by atoms with Crippen LogP contribution in [0, 0.1) is 27.7 Å². The third kappa shape index (κ3) is 5.24. The molecule has 134 valence electrons. The largest absolute Gasteiger partial charge is 0.491 e. The van der Waals surface area contributed by atoms with E-state index in [2.05, 4.69) is 18.3 Å².